The van der Waals surface area contributed by atoms with Gasteiger partial charge in [0.2, 0.25) is 0 Å². The van der Waals surface area contributed by atoms with E-state index in [2.05, 4.69) is 275 Å². The molecule has 3 heteroatoms. The molecule has 0 spiro atoms. The van der Waals surface area contributed by atoms with Crippen LogP contribution in [0.4, 0.5) is 34.1 Å². The van der Waals surface area contributed by atoms with E-state index in [4.69, 9.17) is 0 Å². The molecule has 0 aliphatic heterocycles. The molecular formula is C65H66N2O. The van der Waals surface area contributed by atoms with Gasteiger partial charge in [0.05, 0.1) is 0 Å². The Balaban J connectivity index is 0.980. The van der Waals surface area contributed by atoms with E-state index in [1.165, 1.54) is 22.3 Å². The first-order chi connectivity index (χ1) is 32.1. The molecule has 0 saturated heterocycles. The Labute approximate surface area is 406 Å². The lowest BCUT2D eigenvalue weighted by Gasteiger charge is -2.28. The highest BCUT2D eigenvalue weighted by atomic mass is 16.1. The van der Waals surface area contributed by atoms with E-state index in [0.717, 1.165) is 78.6 Å². The van der Waals surface area contributed by atoms with Crippen LogP contribution in [0.1, 0.15) is 121 Å². The topological polar surface area (TPSA) is 23.6 Å². The molecule has 3 nitrogen and oxygen atoms in total. The number of rotatable bonds is 8. The first-order valence-electron chi connectivity index (χ1n) is 24.2. The minimum Gasteiger partial charge on any atom is -0.311 e. The monoisotopic (exact) mass is 891 g/mol. The fourth-order valence-electron chi connectivity index (χ4n) is 9.38. The van der Waals surface area contributed by atoms with Crippen molar-refractivity contribution in [3.8, 4) is 33.4 Å². The number of ketones is 1. The third-order valence-electron chi connectivity index (χ3n) is 13.7. The standard InChI is InChI=1S/C65H66N2O/c1-62(2,3)47-19-31-53(32-20-47)66(54-33-21-48(22-34-54)63(4,5)6)51-27-13-43(14-28-51)45-17-39-57-58-40-18-46(42-60(58)61(68)59(57)41-45)44-15-29-52(30-16-44)67(55-35-23-49(24-36-55)64(7,8)9)56-37-25-50(26-38-56)65(10,11)12/h13-42H,1-12H3. The quantitative estimate of drug-likeness (QED) is 0.152. The predicted molar refractivity (Wildman–Crippen MR) is 290 cm³/mol. The number of fused-ring (bicyclic) bond motifs is 3. The Morgan fingerprint density at radius 1 is 0.250 bits per heavy atom. The van der Waals surface area contributed by atoms with Crippen molar-refractivity contribution in [1.82, 2.24) is 0 Å². The number of anilines is 6. The van der Waals surface area contributed by atoms with Crippen LogP contribution >= 0.6 is 0 Å². The summed E-state index contributed by atoms with van der Waals surface area (Å²) in [6, 6.07) is 65.9. The molecule has 0 atom stereocenters. The third-order valence-corrected chi connectivity index (χ3v) is 13.7. The van der Waals surface area contributed by atoms with Gasteiger partial charge in [0.15, 0.2) is 5.78 Å². The van der Waals surface area contributed by atoms with Gasteiger partial charge in [-0.25, -0.2) is 0 Å². The van der Waals surface area contributed by atoms with Crippen LogP contribution in [-0.4, -0.2) is 5.78 Å². The second-order valence-electron chi connectivity index (χ2n) is 22.8. The van der Waals surface area contributed by atoms with E-state index in [1.807, 2.05) is 0 Å². The SMILES string of the molecule is CC(C)(C)c1ccc(N(c2ccc(-c3ccc4c(c3)C(=O)c3cc(-c5ccc(N(c6ccc(C(C)(C)C)cc6)c6ccc(C(C)(C)C)cc6)cc5)ccc3-4)cc2)c2ccc(C(C)(C)C)cc2)cc1. The van der Waals surface area contributed by atoms with Gasteiger partial charge in [0, 0.05) is 45.3 Å². The zero-order valence-corrected chi connectivity index (χ0v) is 42.1. The lowest BCUT2D eigenvalue weighted by Crippen LogP contribution is -2.14. The lowest BCUT2D eigenvalue weighted by atomic mass is 9.86. The van der Waals surface area contributed by atoms with Crippen LogP contribution in [0, 0.1) is 0 Å². The highest BCUT2D eigenvalue weighted by Gasteiger charge is 2.28. The fourth-order valence-corrected chi connectivity index (χ4v) is 9.38. The molecule has 0 N–H and O–H groups in total. The summed E-state index contributed by atoms with van der Waals surface area (Å²) in [5.74, 6) is 0.0686. The Bertz CT molecular complexity index is 2760. The van der Waals surface area contributed by atoms with Crippen LogP contribution in [0.2, 0.25) is 0 Å². The maximum Gasteiger partial charge on any atom is 0.194 e. The summed E-state index contributed by atoms with van der Waals surface area (Å²) in [6.07, 6.45) is 0. The van der Waals surface area contributed by atoms with Crippen molar-refractivity contribution in [2.24, 2.45) is 0 Å². The average molecular weight is 891 g/mol. The van der Waals surface area contributed by atoms with Gasteiger partial charge in [-0.1, -0.05) is 180 Å². The normalized spacial score (nSPS) is 12.7. The van der Waals surface area contributed by atoms with Crippen LogP contribution in [0.25, 0.3) is 33.4 Å². The van der Waals surface area contributed by atoms with Crippen molar-refractivity contribution in [2.45, 2.75) is 105 Å². The molecule has 0 unspecified atom stereocenters. The molecule has 0 saturated carbocycles. The Morgan fingerprint density at radius 3 is 0.676 bits per heavy atom. The average Bonchev–Trinajstić information content (AvgIpc) is 3.59. The summed E-state index contributed by atoms with van der Waals surface area (Å²) >= 11 is 0. The van der Waals surface area contributed by atoms with Crippen molar-refractivity contribution in [3.63, 3.8) is 0 Å². The van der Waals surface area contributed by atoms with Crippen molar-refractivity contribution >= 4 is 39.9 Å². The zero-order chi connectivity index (χ0) is 48.3. The van der Waals surface area contributed by atoms with Gasteiger partial charge in [-0.3, -0.25) is 4.79 Å². The first-order valence-corrected chi connectivity index (χ1v) is 24.2. The van der Waals surface area contributed by atoms with Crippen molar-refractivity contribution in [3.05, 3.63) is 215 Å². The van der Waals surface area contributed by atoms with Crippen LogP contribution in [0.15, 0.2) is 182 Å². The predicted octanol–water partition coefficient (Wildman–Crippen LogP) is 18.4. The lowest BCUT2D eigenvalue weighted by molar-refractivity contribution is 0.104. The number of hydrogen-bond acceptors (Lipinski definition) is 3. The third kappa shape index (κ3) is 9.20. The highest BCUT2D eigenvalue weighted by Crippen LogP contribution is 2.43. The van der Waals surface area contributed by atoms with Gasteiger partial charge < -0.3 is 9.80 Å². The van der Waals surface area contributed by atoms with E-state index in [1.54, 1.807) is 0 Å². The summed E-state index contributed by atoms with van der Waals surface area (Å²) in [7, 11) is 0. The Morgan fingerprint density at radius 2 is 0.456 bits per heavy atom. The number of nitrogens with zero attached hydrogens (tertiary/aromatic N) is 2. The van der Waals surface area contributed by atoms with Crippen molar-refractivity contribution in [1.29, 1.82) is 0 Å². The highest BCUT2D eigenvalue weighted by molar-refractivity contribution is 6.22. The molecule has 342 valence electrons. The number of hydrogen-bond donors (Lipinski definition) is 0. The van der Waals surface area contributed by atoms with Crippen LogP contribution < -0.4 is 9.80 Å². The van der Waals surface area contributed by atoms with Gasteiger partial charge in [-0.2, -0.15) is 0 Å². The molecule has 1 aliphatic rings. The van der Waals surface area contributed by atoms with Gasteiger partial charge in [-0.15, -0.1) is 0 Å². The summed E-state index contributed by atoms with van der Waals surface area (Å²) in [5.41, 5.74) is 19.7. The first kappa shape index (κ1) is 46.2. The summed E-state index contributed by atoms with van der Waals surface area (Å²) in [4.78, 5) is 18.9. The minimum absolute atomic E-state index is 0.0661. The van der Waals surface area contributed by atoms with E-state index in [-0.39, 0.29) is 27.4 Å². The van der Waals surface area contributed by atoms with E-state index >= 15 is 0 Å². The van der Waals surface area contributed by atoms with Gasteiger partial charge in [-0.05, 0) is 162 Å². The molecule has 0 amide bonds. The molecule has 0 aromatic heterocycles. The molecule has 68 heavy (non-hydrogen) atoms. The largest absolute Gasteiger partial charge is 0.311 e. The molecule has 8 aromatic carbocycles. The molecule has 0 heterocycles. The molecule has 1 aliphatic carbocycles. The van der Waals surface area contributed by atoms with Gasteiger partial charge >= 0.3 is 0 Å². The second-order valence-corrected chi connectivity index (χ2v) is 22.8. The van der Waals surface area contributed by atoms with Crippen LogP contribution in [0.3, 0.4) is 0 Å². The van der Waals surface area contributed by atoms with Crippen LogP contribution in [-0.2, 0) is 21.7 Å². The van der Waals surface area contributed by atoms with E-state index in [0.29, 0.717) is 0 Å². The van der Waals surface area contributed by atoms with E-state index < -0.39 is 0 Å². The molecule has 9 rings (SSSR count). The van der Waals surface area contributed by atoms with Crippen molar-refractivity contribution < 1.29 is 4.79 Å². The van der Waals surface area contributed by atoms with E-state index in [9.17, 15) is 4.79 Å². The van der Waals surface area contributed by atoms with Crippen molar-refractivity contribution in [2.75, 3.05) is 9.80 Å². The maximum atomic E-state index is 14.3. The smallest absolute Gasteiger partial charge is 0.194 e. The Kier molecular flexibility index (Phi) is 11.7. The van der Waals surface area contributed by atoms with Gasteiger partial charge in [0.25, 0.3) is 0 Å². The number of benzene rings is 8. The number of carbonyl (C=O) groups excluding carboxylic acids is 1. The second kappa shape index (κ2) is 17.3. The molecule has 8 aromatic rings. The van der Waals surface area contributed by atoms with Gasteiger partial charge in [0.1, 0.15) is 0 Å². The maximum absolute atomic E-state index is 14.3. The Hall–Kier alpha value is -6.97. The molecule has 0 fully saturated rings. The minimum atomic E-state index is 0.0661. The zero-order valence-electron chi connectivity index (χ0n) is 42.1. The molecule has 0 radical (unpaired) electrons. The fraction of sp³-hybridized carbons (Fsp3) is 0.246. The molecule has 0 bridgehead atoms. The van der Waals surface area contributed by atoms with Crippen LogP contribution in [0.5, 0.6) is 0 Å². The summed E-state index contributed by atoms with van der Waals surface area (Å²) < 4.78 is 0. The number of carbonyl (C=O) groups is 1. The summed E-state index contributed by atoms with van der Waals surface area (Å²) in [6.45, 7) is 27.0. The summed E-state index contributed by atoms with van der Waals surface area (Å²) in [5, 5.41) is 0. The molecular weight excluding hydrogens is 825 g/mol.